The van der Waals surface area contributed by atoms with Crippen LogP contribution in [0.1, 0.15) is 12.0 Å². The molecule has 4 heteroatoms. The van der Waals surface area contributed by atoms with Gasteiger partial charge in [-0.25, -0.2) is 4.39 Å². The van der Waals surface area contributed by atoms with Crippen molar-refractivity contribution in [1.82, 2.24) is 4.90 Å². The second-order valence-electron chi connectivity index (χ2n) is 6.40. The van der Waals surface area contributed by atoms with E-state index in [0.717, 1.165) is 51.4 Å². The number of hydrogen-bond donors (Lipinski definition) is 1. The van der Waals surface area contributed by atoms with Gasteiger partial charge in [-0.15, -0.1) is 0 Å². The highest BCUT2D eigenvalue weighted by molar-refractivity contribution is 5.53. The van der Waals surface area contributed by atoms with Gasteiger partial charge in [-0.05, 0) is 55.8 Å². The second kappa shape index (κ2) is 8.15. The van der Waals surface area contributed by atoms with E-state index in [2.05, 4.69) is 46.3 Å². The number of anilines is 2. The van der Waals surface area contributed by atoms with E-state index >= 15 is 0 Å². The molecule has 1 aliphatic rings. The van der Waals surface area contributed by atoms with Crippen LogP contribution in [0, 0.1) is 12.7 Å². The first-order valence-corrected chi connectivity index (χ1v) is 8.75. The molecule has 0 saturated carbocycles. The molecule has 0 atom stereocenters. The summed E-state index contributed by atoms with van der Waals surface area (Å²) in [6.07, 6.45) is 1.10. The maximum absolute atomic E-state index is 12.9. The Morgan fingerprint density at radius 1 is 0.958 bits per heavy atom. The normalized spacial score (nSPS) is 15.5. The summed E-state index contributed by atoms with van der Waals surface area (Å²) in [6.45, 7) is 8.63. The molecular weight excluding hydrogens is 301 g/mol. The fourth-order valence-electron chi connectivity index (χ4n) is 3.23. The summed E-state index contributed by atoms with van der Waals surface area (Å²) in [5.41, 5.74) is 3.71. The minimum Gasteiger partial charge on any atom is -0.385 e. The molecule has 3 rings (SSSR count). The summed E-state index contributed by atoms with van der Waals surface area (Å²) in [7, 11) is 0. The van der Waals surface area contributed by atoms with Crippen molar-refractivity contribution in [1.29, 1.82) is 0 Å². The lowest BCUT2D eigenvalue weighted by atomic mass is 10.1. The average molecular weight is 327 g/mol. The van der Waals surface area contributed by atoms with Crippen molar-refractivity contribution in [3.05, 3.63) is 59.9 Å². The smallest absolute Gasteiger partial charge is 0.123 e. The molecule has 3 nitrogen and oxygen atoms in total. The molecule has 1 heterocycles. The van der Waals surface area contributed by atoms with Gasteiger partial charge >= 0.3 is 0 Å². The first-order chi connectivity index (χ1) is 11.7. The monoisotopic (exact) mass is 327 g/mol. The van der Waals surface area contributed by atoms with Crippen molar-refractivity contribution in [3.8, 4) is 0 Å². The number of para-hydroxylation sites is 1. The van der Waals surface area contributed by atoms with Crippen molar-refractivity contribution < 1.29 is 4.39 Å². The van der Waals surface area contributed by atoms with Crippen LogP contribution in [0.5, 0.6) is 0 Å². The molecule has 0 unspecified atom stereocenters. The Morgan fingerprint density at radius 3 is 2.38 bits per heavy atom. The Hall–Kier alpha value is -2.07. The van der Waals surface area contributed by atoms with Crippen LogP contribution >= 0.6 is 0 Å². The van der Waals surface area contributed by atoms with Gasteiger partial charge in [-0.1, -0.05) is 18.2 Å². The molecule has 24 heavy (non-hydrogen) atoms. The van der Waals surface area contributed by atoms with Gasteiger partial charge in [0.2, 0.25) is 0 Å². The van der Waals surface area contributed by atoms with Crippen LogP contribution < -0.4 is 10.2 Å². The zero-order valence-corrected chi connectivity index (χ0v) is 14.3. The Kier molecular flexibility index (Phi) is 5.70. The fraction of sp³-hybridized carbons (Fsp3) is 0.400. The van der Waals surface area contributed by atoms with Crippen molar-refractivity contribution in [2.45, 2.75) is 13.3 Å². The number of aryl methyl sites for hydroxylation is 1. The highest BCUT2D eigenvalue weighted by atomic mass is 19.1. The van der Waals surface area contributed by atoms with Gasteiger partial charge in [0.15, 0.2) is 0 Å². The van der Waals surface area contributed by atoms with Crippen molar-refractivity contribution in [3.63, 3.8) is 0 Å². The largest absolute Gasteiger partial charge is 0.385 e. The van der Waals surface area contributed by atoms with Gasteiger partial charge in [-0.2, -0.15) is 0 Å². The van der Waals surface area contributed by atoms with Crippen LogP contribution in [0.3, 0.4) is 0 Å². The maximum atomic E-state index is 12.9. The van der Waals surface area contributed by atoms with Gasteiger partial charge < -0.3 is 10.2 Å². The van der Waals surface area contributed by atoms with E-state index in [9.17, 15) is 4.39 Å². The average Bonchev–Trinajstić information content (AvgIpc) is 2.61. The number of benzene rings is 2. The molecule has 0 spiro atoms. The predicted octanol–water partition coefficient (Wildman–Crippen LogP) is 3.76. The molecule has 128 valence electrons. The maximum Gasteiger partial charge on any atom is 0.123 e. The highest BCUT2D eigenvalue weighted by Crippen LogP contribution is 2.20. The highest BCUT2D eigenvalue weighted by Gasteiger charge is 2.17. The Balaban J connectivity index is 1.37. The van der Waals surface area contributed by atoms with Crippen molar-refractivity contribution in [2.75, 3.05) is 49.5 Å². The lowest BCUT2D eigenvalue weighted by Gasteiger charge is -2.36. The van der Waals surface area contributed by atoms with E-state index in [-0.39, 0.29) is 5.82 Å². The number of piperazine rings is 1. The molecule has 0 amide bonds. The molecule has 0 bridgehead atoms. The third-order valence-corrected chi connectivity index (χ3v) is 4.65. The van der Waals surface area contributed by atoms with Crippen LogP contribution in [0.15, 0.2) is 48.5 Å². The molecular formula is C20H26FN3. The Bertz CT molecular complexity index is 634. The number of nitrogens with one attached hydrogen (secondary N) is 1. The molecule has 0 aromatic heterocycles. The van der Waals surface area contributed by atoms with Crippen molar-refractivity contribution in [2.24, 2.45) is 0 Å². The van der Waals surface area contributed by atoms with Crippen LogP contribution in [0.4, 0.5) is 15.8 Å². The number of rotatable bonds is 6. The molecule has 1 fully saturated rings. The summed E-state index contributed by atoms with van der Waals surface area (Å²) in [5, 5.41) is 3.35. The fourth-order valence-corrected chi connectivity index (χ4v) is 3.23. The summed E-state index contributed by atoms with van der Waals surface area (Å²) >= 11 is 0. The lowest BCUT2D eigenvalue weighted by molar-refractivity contribution is 0.257. The van der Waals surface area contributed by atoms with Crippen LogP contribution in [0.2, 0.25) is 0 Å². The number of hydrogen-bond acceptors (Lipinski definition) is 3. The quantitative estimate of drug-likeness (QED) is 0.815. The third-order valence-electron chi connectivity index (χ3n) is 4.65. The Labute approximate surface area is 144 Å². The summed E-state index contributed by atoms with van der Waals surface area (Å²) in [5.74, 6) is -0.188. The topological polar surface area (TPSA) is 18.5 Å². The van der Waals surface area contributed by atoms with E-state index in [1.165, 1.54) is 23.4 Å². The van der Waals surface area contributed by atoms with Crippen LogP contribution in [-0.2, 0) is 0 Å². The SMILES string of the molecule is Cc1ccccc1N1CCN(CCCNc2ccc(F)cc2)CC1. The van der Waals surface area contributed by atoms with E-state index < -0.39 is 0 Å². The first-order valence-electron chi connectivity index (χ1n) is 8.75. The van der Waals surface area contributed by atoms with E-state index in [1.54, 1.807) is 12.1 Å². The predicted molar refractivity (Wildman–Crippen MR) is 99.3 cm³/mol. The van der Waals surface area contributed by atoms with E-state index in [4.69, 9.17) is 0 Å². The molecule has 1 saturated heterocycles. The summed E-state index contributed by atoms with van der Waals surface area (Å²) in [6, 6.07) is 15.2. The number of nitrogens with zero attached hydrogens (tertiary/aromatic N) is 2. The first kappa shape index (κ1) is 16.8. The zero-order chi connectivity index (χ0) is 16.8. The molecule has 2 aromatic carbocycles. The molecule has 0 radical (unpaired) electrons. The van der Waals surface area contributed by atoms with Gasteiger partial charge in [0, 0.05) is 44.1 Å². The molecule has 1 N–H and O–H groups in total. The standard InChI is InChI=1S/C20H26FN3/c1-17-5-2-3-6-20(17)24-15-13-23(14-16-24)12-4-11-22-19-9-7-18(21)8-10-19/h2-3,5-10,22H,4,11-16H2,1H3. The van der Waals surface area contributed by atoms with Crippen LogP contribution in [0.25, 0.3) is 0 Å². The number of halogens is 1. The van der Waals surface area contributed by atoms with Crippen molar-refractivity contribution >= 4 is 11.4 Å². The molecule has 2 aromatic rings. The minimum absolute atomic E-state index is 0.188. The minimum atomic E-state index is -0.188. The van der Waals surface area contributed by atoms with E-state index in [0.29, 0.717) is 0 Å². The second-order valence-corrected chi connectivity index (χ2v) is 6.40. The van der Waals surface area contributed by atoms with Gasteiger partial charge in [0.1, 0.15) is 5.82 Å². The van der Waals surface area contributed by atoms with Gasteiger partial charge in [0.05, 0.1) is 0 Å². The van der Waals surface area contributed by atoms with Gasteiger partial charge in [0.25, 0.3) is 0 Å². The van der Waals surface area contributed by atoms with Gasteiger partial charge in [-0.3, -0.25) is 4.90 Å². The van der Waals surface area contributed by atoms with E-state index in [1.807, 2.05) is 0 Å². The summed E-state index contributed by atoms with van der Waals surface area (Å²) in [4.78, 5) is 5.02. The van der Waals surface area contributed by atoms with Crippen LogP contribution in [-0.4, -0.2) is 44.2 Å². The third kappa shape index (κ3) is 4.48. The molecule has 1 aliphatic heterocycles. The molecule has 0 aliphatic carbocycles. The lowest BCUT2D eigenvalue weighted by Crippen LogP contribution is -2.47. The zero-order valence-electron chi connectivity index (χ0n) is 14.3. The summed E-state index contributed by atoms with van der Waals surface area (Å²) < 4.78 is 12.9. The Morgan fingerprint density at radius 2 is 1.67 bits per heavy atom.